The van der Waals surface area contributed by atoms with Gasteiger partial charge in [0.2, 0.25) is 0 Å². The van der Waals surface area contributed by atoms with E-state index in [0.29, 0.717) is 6.61 Å². The van der Waals surface area contributed by atoms with Gasteiger partial charge in [-0.25, -0.2) is 4.98 Å². The normalized spacial score (nSPS) is 15.8. The summed E-state index contributed by atoms with van der Waals surface area (Å²) in [6.45, 7) is 4.23. The lowest BCUT2D eigenvalue weighted by atomic mass is 9.94. The Morgan fingerprint density at radius 1 is 1.19 bits per heavy atom. The van der Waals surface area contributed by atoms with E-state index in [1.807, 2.05) is 50.3 Å². The fourth-order valence-electron chi connectivity index (χ4n) is 2.95. The third-order valence-corrected chi connectivity index (χ3v) is 4.25. The van der Waals surface area contributed by atoms with Gasteiger partial charge >= 0.3 is 0 Å². The van der Waals surface area contributed by atoms with E-state index in [9.17, 15) is 0 Å². The first kappa shape index (κ1) is 18.8. The zero-order valence-electron chi connectivity index (χ0n) is 16.0. The molecule has 0 unspecified atom stereocenters. The summed E-state index contributed by atoms with van der Waals surface area (Å²) in [5, 5.41) is 8.22. The summed E-state index contributed by atoms with van der Waals surface area (Å²) in [6.07, 6.45) is 6.83. The molecule has 0 aromatic carbocycles. The van der Waals surface area contributed by atoms with Gasteiger partial charge in [-0.3, -0.25) is 4.98 Å². The van der Waals surface area contributed by atoms with E-state index in [-0.39, 0.29) is 0 Å². The molecule has 0 amide bonds. The van der Waals surface area contributed by atoms with Crippen molar-refractivity contribution in [1.29, 1.82) is 0 Å². The second-order valence-corrected chi connectivity index (χ2v) is 6.36. The molecule has 0 radical (unpaired) electrons. The molecule has 0 fully saturated rings. The van der Waals surface area contributed by atoms with Crippen LogP contribution in [0.2, 0.25) is 0 Å². The van der Waals surface area contributed by atoms with Crippen LogP contribution in [0.15, 0.2) is 46.7 Å². The van der Waals surface area contributed by atoms with Crippen LogP contribution in [0.25, 0.3) is 6.08 Å². The van der Waals surface area contributed by atoms with E-state index in [1.54, 1.807) is 0 Å². The highest BCUT2D eigenvalue weighted by Crippen LogP contribution is 2.20. The zero-order chi connectivity index (χ0) is 19.1. The predicted octanol–water partition coefficient (Wildman–Crippen LogP) is 3.93. The first-order chi connectivity index (χ1) is 13.2. The predicted molar refractivity (Wildman–Crippen MR) is 107 cm³/mol. The first-order valence-electron chi connectivity index (χ1n) is 9.05. The number of nitrogens with zero attached hydrogens (tertiary/aromatic N) is 4. The van der Waals surface area contributed by atoms with Gasteiger partial charge in [0.25, 0.3) is 0 Å². The van der Waals surface area contributed by atoms with Crippen molar-refractivity contribution in [3.8, 4) is 0 Å². The van der Waals surface area contributed by atoms with Gasteiger partial charge in [0, 0.05) is 5.69 Å². The lowest BCUT2D eigenvalue weighted by Crippen LogP contribution is -2.15. The molecule has 2 heterocycles. The number of fused-ring (bicyclic) bond motifs is 1. The Hall–Kier alpha value is -3.02. The van der Waals surface area contributed by atoms with Gasteiger partial charge < -0.3 is 9.68 Å². The fourth-order valence-corrected chi connectivity index (χ4v) is 2.95. The minimum Gasteiger partial charge on any atom is -0.399 e. The van der Waals surface area contributed by atoms with Crippen LogP contribution in [-0.4, -0.2) is 35.1 Å². The van der Waals surface area contributed by atoms with E-state index in [1.165, 1.54) is 12.7 Å². The molecule has 0 saturated heterocycles. The van der Waals surface area contributed by atoms with Crippen LogP contribution in [0, 0.1) is 6.92 Å². The Morgan fingerprint density at radius 3 is 2.93 bits per heavy atom. The number of pyridine rings is 2. The van der Waals surface area contributed by atoms with E-state index < -0.39 is 0 Å². The zero-order valence-corrected chi connectivity index (χ0v) is 16.0. The quantitative estimate of drug-likeness (QED) is 0.442. The Bertz CT molecular complexity index is 888. The summed E-state index contributed by atoms with van der Waals surface area (Å²) >= 11 is 0. The monoisotopic (exact) mass is 364 g/mol. The molecule has 0 atom stereocenters. The Balaban J connectivity index is 1.61. The number of hydrogen-bond donors (Lipinski definition) is 0. The summed E-state index contributed by atoms with van der Waals surface area (Å²) in [6, 6.07) is 9.94. The van der Waals surface area contributed by atoms with Crippen molar-refractivity contribution in [2.75, 3.05) is 13.7 Å². The van der Waals surface area contributed by atoms with E-state index in [2.05, 4.69) is 26.3 Å². The molecule has 0 saturated carbocycles. The molecular weight excluding hydrogens is 340 g/mol. The maximum absolute atomic E-state index is 5.50. The molecule has 3 rings (SSSR count). The molecule has 6 heteroatoms. The molecular formula is C21H24N4O2. The number of hydrogen-bond acceptors (Lipinski definition) is 6. The molecule has 6 nitrogen and oxygen atoms in total. The van der Waals surface area contributed by atoms with Gasteiger partial charge in [-0.05, 0) is 69.0 Å². The van der Waals surface area contributed by atoms with Crippen LogP contribution in [0.4, 0.5) is 0 Å². The summed E-state index contributed by atoms with van der Waals surface area (Å²) in [5.41, 5.74) is 6.50. The maximum Gasteiger partial charge on any atom is 0.135 e. The largest absolute Gasteiger partial charge is 0.399 e. The average molecular weight is 364 g/mol. The average Bonchev–Trinajstić information content (AvgIpc) is 2.68. The van der Waals surface area contributed by atoms with E-state index in [4.69, 9.17) is 9.68 Å². The van der Waals surface area contributed by atoms with Gasteiger partial charge in [-0.1, -0.05) is 22.4 Å². The standard InChI is InChI=1S/C21H24N4O2/c1-15-12-13-17-7-4-11-20(21(17)22-15)25-27-14-6-9-18-8-5-10-19(23-18)16(2)24-26-3/h5-6,8-10,12-13H,4,7,11,14H2,1-3H3/b9-6+,24-16+,25-20+. The van der Waals surface area contributed by atoms with Gasteiger partial charge in [-0.2, -0.15) is 0 Å². The van der Waals surface area contributed by atoms with Crippen LogP contribution < -0.4 is 0 Å². The second-order valence-electron chi connectivity index (χ2n) is 6.36. The summed E-state index contributed by atoms with van der Waals surface area (Å²) in [4.78, 5) is 19.4. The van der Waals surface area contributed by atoms with Crippen LogP contribution in [0.1, 0.15) is 48.1 Å². The van der Waals surface area contributed by atoms with Crippen molar-refractivity contribution in [2.45, 2.75) is 33.1 Å². The molecule has 140 valence electrons. The molecule has 1 aliphatic rings. The molecule has 27 heavy (non-hydrogen) atoms. The Kier molecular flexibility index (Phi) is 6.30. The van der Waals surface area contributed by atoms with Gasteiger partial charge in [0.1, 0.15) is 25.1 Å². The van der Waals surface area contributed by atoms with E-state index in [0.717, 1.165) is 53.5 Å². The number of oxime groups is 2. The maximum atomic E-state index is 5.50. The molecule has 2 aromatic rings. The Labute approximate surface area is 159 Å². The molecule has 0 aliphatic heterocycles. The van der Waals surface area contributed by atoms with Gasteiger partial charge in [0.05, 0.1) is 17.1 Å². The van der Waals surface area contributed by atoms with Crippen molar-refractivity contribution < 1.29 is 9.68 Å². The second kappa shape index (κ2) is 9.07. The van der Waals surface area contributed by atoms with E-state index >= 15 is 0 Å². The number of aromatic nitrogens is 2. The minimum absolute atomic E-state index is 0.377. The first-order valence-corrected chi connectivity index (χ1v) is 9.05. The molecule has 1 aliphatic carbocycles. The summed E-state index contributed by atoms with van der Waals surface area (Å²) < 4.78 is 0. The van der Waals surface area contributed by atoms with Gasteiger partial charge in [-0.15, -0.1) is 0 Å². The lowest BCUT2D eigenvalue weighted by Gasteiger charge is -2.16. The topological polar surface area (TPSA) is 69.0 Å². The van der Waals surface area contributed by atoms with Gasteiger partial charge in [0.15, 0.2) is 0 Å². The number of aryl methyl sites for hydroxylation is 2. The third-order valence-electron chi connectivity index (χ3n) is 4.25. The number of rotatable bonds is 6. The SMILES string of the molecule is CO/N=C(\C)c1cccc(/C=C/CO/N=C2\CCCc3ccc(C)nc32)n1. The molecule has 2 aromatic heterocycles. The van der Waals surface area contributed by atoms with Crippen LogP contribution in [0.3, 0.4) is 0 Å². The summed E-state index contributed by atoms with van der Waals surface area (Å²) in [7, 11) is 1.52. The van der Waals surface area contributed by atoms with Crippen molar-refractivity contribution in [1.82, 2.24) is 9.97 Å². The molecule has 0 bridgehead atoms. The van der Waals surface area contributed by atoms with Crippen molar-refractivity contribution in [3.05, 3.63) is 64.7 Å². The minimum atomic E-state index is 0.377. The van der Waals surface area contributed by atoms with Crippen LogP contribution in [0.5, 0.6) is 0 Å². The third kappa shape index (κ3) is 5.00. The fraction of sp³-hybridized carbons (Fsp3) is 0.333. The van der Waals surface area contributed by atoms with Crippen molar-refractivity contribution >= 4 is 17.5 Å². The van der Waals surface area contributed by atoms with Crippen molar-refractivity contribution in [3.63, 3.8) is 0 Å². The highest BCUT2D eigenvalue weighted by Gasteiger charge is 2.17. The summed E-state index contributed by atoms with van der Waals surface area (Å²) in [5.74, 6) is 0. The smallest absolute Gasteiger partial charge is 0.135 e. The molecule has 0 N–H and O–H groups in total. The lowest BCUT2D eigenvalue weighted by molar-refractivity contribution is 0.174. The highest BCUT2D eigenvalue weighted by atomic mass is 16.6. The molecule has 0 spiro atoms. The van der Waals surface area contributed by atoms with Crippen LogP contribution in [-0.2, 0) is 16.1 Å². The Morgan fingerprint density at radius 2 is 2.07 bits per heavy atom. The highest BCUT2D eigenvalue weighted by molar-refractivity contribution is 6.00. The van der Waals surface area contributed by atoms with Crippen molar-refractivity contribution in [2.24, 2.45) is 10.3 Å². The van der Waals surface area contributed by atoms with Crippen LogP contribution >= 0.6 is 0 Å².